The van der Waals surface area contributed by atoms with Gasteiger partial charge in [-0.2, -0.15) is 0 Å². The first kappa shape index (κ1) is 17.6. The molecule has 0 saturated carbocycles. The Kier molecular flexibility index (Phi) is 5.55. The molecule has 6 nitrogen and oxygen atoms in total. The number of piperidine rings is 1. The van der Waals surface area contributed by atoms with E-state index in [0.29, 0.717) is 18.4 Å². The minimum absolute atomic E-state index is 0.244. The largest absolute Gasteiger partial charge is 0.445 e. The summed E-state index contributed by atoms with van der Waals surface area (Å²) in [6.45, 7) is 12.3. The number of likely N-dealkylation sites (tertiary alicyclic amines) is 2. The van der Waals surface area contributed by atoms with Gasteiger partial charge in [-0.1, -0.05) is 12.7 Å². The maximum atomic E-state index is 12.0. The van der Waals surface area contributed by atoms with Gasteiger partial charge in [0.2, 0.25) is 0 Å². The highest BCUT2D eigenvalue weighted by atomic mass is 16.6. The van der Waals surface area contributed by atoms with Crippen LogP contribution in [-0.2, 0) is 9.47 Å². The fraction of sp³-hybridized carbons (Fsp3) is 0.765. The maximum absolute atomic E-state index is 12.0. The zero-order valence-corrected chi connectivity index (χ0v) is 14.4. The summed E-state index contributed by atoms with van der Waals surface area (Å²) in [4.78, 5) is 27.4. The van der Waals surface area contributed by atoms with E-state index in [4.69, 9.17) is 9.47 Å². The second-order valence-electron chi connectivity index (χ2n) is 7.36. The van der Waals surface area contributed by atoms with Crippen LogP contribution in [-0.4, -0.2) is 60.4 Å². The van der Waals surface area contributed by atoms with Gasteiger partial charge in [0.1, 0.15) is 12.2 Å². The van der Waals surface area contributed by atoms with E-state index in [1.807, 2.05) is 20.8 Å². The Morgan fingerprint density at radius 1 is 1.13 bits per heavy atom. The number of amides is 2. The Hall–Kier alpha value is -1.72. The van der Waals surface area contributed by atoms with Crippen molar-refractivity contribution in [1.29, 1.82) is 0 Å². The molecule has 0 aromatic carbocycles. The first-order chi connectivity index (χ1) is 10.8. The molecular formula is C17H28N2O4. The van der Waals surface area contributed by atoms with Crippen LogP contribution in [0.5, 0.6) is 0 Å². The first-order valence-corrected chi connectivity index (χ1v) is 8.30. The molecule has 0 spiro atoms. The average molecular weight is 324 g/mol. The van der Waals surface area contributed by atoms with Gasteiger partial charge in [0.15, 0.2) is 0 Å². The standard InChI is InChI=1S/C17H28N2O4/c1-5-9-22-15(20)18-8-6-7-13(10-18)14-11-19(12-14)16(21)23-17(2,3)4/h5,13-14H,1,6-12H2,2-4H3/t13-/m0/s1. The summed E-state index contributed by atoms with van der Waals surface area (Å²) < 4.78 is 10.5. The molecule has 0 aromatic heterocycles. The van der Waals surface area contributed by atoms with Crippen molar-refractivity contribution in [1.82, 2.24) is 9.80 Å². The molecule has 0 radical (unpaired) electrons. The van der Waals surface area contributed by atoms with E-state index in [1.54, 1.807) is 15.9 Å². The van der Waals surface area contributed by atoms with Crippen LogP contribution in [0.25, 0.3) is 0 Å². The van der Waals surface area contributed by atoms with Gasteiger partial charge in [-0.05, 0) is 45.4 Å². The zero-order chi connectivity index (χ0) is 17.0. The summed E-state index contributed by atoms with van der Waals surface area (Å²) >= 11 is 0. The van der Waals surface area contributed by atoms with Gasteiger partial charge in [-0.15, -0.1) is 0 Å². The lowest BCUT2D eigenvalue weighted by molar-refractivity contribution is -0.0194. The maximum Gasteiger partial charge on any atom is 0.410 e. The zero-order valence-electron chi connectivity index (χ0n) is 14.4. The van der Waals surface area contributed by atoms with Crippen LogP contribution in [0.1, 0.15) is 33.6 Å². The summed E-state index contributed by atoms with van der Waals surface area (Å²) in [6, 6.07) is 0. The molecule has 0 N–H and O–H groups in total. The minimum Gasteiger partial charge on any atom is -0.445 e. The number of rotatable bonds is 3. The predicted octanol–water partition coefficient (Wildman–Crippen LogP) is 2.89. The highest BCUT2D eigenvalue weighted by Gasteiger charge is 2.40. The Morgan fingerprint density at radius 2 is 1.78 bits per heavy atom. The van der Waals surface area contributed by atoms with Crippen LogP contribution in [0.3, 0.4) is 0 Å². The van der Waals surface area contributed by atoms with E-state index >= 15 is 0 Å². The Morgan fingerprint density at radius 3 is 2.39 bits per heavy atom. The number of ether oxygens (including phenoxy) is 2. The summed E-state index contributed by atoms with van der Waals surface area (Å²) in [7, 11) is 0. The molecule has 2 aliphatic rings. The molecular weight excluding hydrogens is 296 g/mol. The predicted molar refractivity (Wildman–Crippen MR) is 87.1 cm³/mol. The number of hydrogen-bond donors (Lipinski definition) is 0. The lowest BCUT2D eigenvalue weighted by Gasteiger charge is -2.46. The van der Waals surface area contributed by atoms with E-state index in [-0.39, 0.29) is 18.8 Å². The van der Waals surface area contributed by atoms with E-state index in [1.165, 1.54) is 0 Å². The van der Waals surface area contributed by atoms with Gasteiger partial charge in [0, 0.05) is 26.2 Å². The third kappa shape index (κ3) is 4.88. The van der Waals surface area contributed by atoms with Crippen molar-refractivity contribution in [2.24, 2.45) is 11.8 Å². The molecule has 0 aliphatic carbocycles. The lowest BCUT2D eigenvalue weighted by atomic mass is 9.81. The first-order valence-electron chi connectivity index (χ1n) is 8.30. The van der Waals surface area contributed by atoms with E-state index < -0.39 is 5.60 Å². The molecule has 2 fully saturated rings. The topological polar surface area (TPSA) is 59.1 Å². The van der Waals surface area contributed by atoms with Crippen molar-refractivity contribution in [3.63, 3.8) is 0 Å². The molecule has 2 amide bonds. The third-order valence-electron chi connectivity index (χ3n) is 4.27. The normalized spacial score (nSPS) is 22.3. The van der Waals surface area contributed by atoms with E-state index in [9.17, 15) is 9.59 Å². The molecule has 0 aromatic rings. The molecule has 23 heavy (non-hydrogen) atoms. The van der Waals surface area contributed by atoms with Crippen LogP contribution in [0.2, 0.25) is 0 Å². The van der Waals surface area contributed by atoms with Crippen LogP contribution in [0.15, 0.2) is 12.7 Å². The molecule has 2 aliphatic heterocycles. The SMILES string of the molecule is C=CCOC(=O)N1CCC[C@H](C2CN(C(=O)OC(C)(C)C)C2)C1. The highest BCUT2D eigenvalue weighted by molar-refractivity contribution is 5.69. The molecule has 130 valence electrons. The molecule has 0 unspecified atom stereocenters. The Bertz CT molecular complexity index is 452. The Labute approximate surface area is 138 Å². The second-order valence-corrected chi connectivity index (χ2v) is 7.36. The summed E-state index contributed by atoms with van der Waals surface area (Å²) in [5.41, 5.74) is -0.460. The fourth-order valence-corrected chi connectivity index (χ4v) is 3.07. The second kappa shape index (κ2) is 7.23. The average Bonchev–Trinajstić information content (AvgIpc) is 2.41. The molecule has 6 heteroatoms. The molecule has 2 heterocycles. The smallest absolute Gasteiger partial charge is 0.410 e. The van der Waals surface area contributed by atoms with Crippen molar-refractivity contribution in [2.75, 3.05) is 32.8 Å². The summed E-state index contributed by atoms with van der Waals surface area (Å²) in [5, 5.41) is 0. The molecule has 1 atom stereocenters. The van der Waals surface area contributed by atoms with Crippen LogP contribution in [0, 0.1) is 11.8 Å². The van der Waals surface area contributed by atoms with Crippen molar-refractivity contribution in [3.8, 4) is 0 Å². The van der Waals surface area contributed by atoms with Crippen molar-refractivity contribution in [2.45, 2.75) is 39.2 Å². The number of hydrogen-bond acceptors (Lipinski definition) is 4. The van der Waals surface area contributed by atoms with Crippen LogP contribution in [0.4, 0.5) is 9.59 Å². The number of carbonyl (C=O) groups excluding carboxylic acids is 2. The molecule has 2 saturated heterocycles. The van der Waals surface area contributed by atoms with Gasteiger partial charge in [-0.3, -0.25) is 0 Å². The van der Waals surface area contributed by atoms with Gasteiger partial charge >= 0.3 is 12.2 Å². The van der Waals surface area contributed by atoms with E-state index in [0.717, 1.165) is 32.5 Å². The van der Waals surface area contributed by atoms with Crippen LogP contribution >= 0.6 is 0 Å². The summed E-state index contributed by atoms with van der Waals surface area (Å²) in [5.74, 6) is 0.872. The quantitative estimate of drug-likeness (QED) is 0.749. The summed E-state index contributed by atoms with van der Waals surface area (Å²) in [6.07, 6.45) is 3.14. The van der Waals surface area contributed by atoms with Gasteiger partial charge in [0.05, 0.1) is 0 Å². The van der Waals surface area contributed by atoms with Crippen molar-refractivity contribution in [3.05, 3.63) is 12.7 Å². The molecule has 0 bridgehead atoms. The highest BCUT2D eigenvalue weighted by Crippen LogP contribution is 2.32. The Balaban J connectivity index is 1.77. The lowest BCUT2D eigenvalue weighted by Crippen LogP contribution is -2.56. The van der Waals surface area contributed by atoms with Gasteiger partial charge in [-0.25, -0.2) is 9.59 Å². The van der Waals surface area contributed by atoms with Crippen molar-refractivity contribution < 1.29 is 19.1 Å². The monoisotopic (exact) mass is 324 g/mol. The minimum atomic E-state index is -0.460. The van der Waals surface area contributed by atoms with Gasteiger partial charge < -0.3 is 19.3 Å². The molecule has 2 rings (SSSR count). The fourth-order valence-electron chi connectivity index (χ4n) is 3.07. The van der Waals surface area contributed by atoms with E-state index in [2.05, 4.69) is 6.58 Å². The van der Waals surface area contributed by atoms with Crippen LogP contribution < -0.4 is 0 Å². The number of nitrogens with zero attached hydrogens (tertiary/aromatic N) is 2. The third-order valence-corrected chi connectivity index (χ3v) is 4.27. The van der Waals surface area contributed by atoms with Gasteiger partial charge in [0.25, 0.3) is 0 Å². The van der Waals surface area contributed by atoms with Crippen molar-refractivity contribution >= 4 is 12.2 Å². The number of carbonyl (C=O) groups is 2.